The van der Waals surface area contributed by atoms with Gasteiger partial charge in [-0.05, 0) is 72.7 Å². The minimum Gasteiger partial charge on any atom is -0.508 e. The molecule has 2 aromatic carbocycles. The van der Waals surface area contributed by atoms with Crippen LogP contribution in [0.1, 0.15) is 44.6 Å². The van der Waals surface area contributed by atoms with E-state index in [2.05, 4.69) is 6.92 Å². The molecule has 38 heavy (non-hydrogen) atoms. The van der Waals surface area contributed by atoms with Gasteiger partial charge in [-0.15, -0.1) is 0 Å². The van der Waals surface area contributed by atoms with Gasteiger partial charge in [-0.1, -0.05) is 54.8 Å². The number of carbonyl (C=O) groups excluding carboxylic acids is 2. The van der Waals surface area contributed by atoms with E-state index in [1.165, 1.54) is 11.0 Å². The molecule has 0 radical (unpaired) electrons. The van der Waals surface area contributed by atoms with Crippen LogP contribution in [0.2, 0.25) is 5.02 Å². The average molecular weight is 540 g/mol. The second-order valence-corrected chi connectivity index (χ2v) is 10.4. The van der Waals surface area contributed by atoms with Crippen molar-refractivity contribution in [3.63, 3.8) is 0 Å². The van der Waals surface area contributed by atoms with Crippen LogP contribution >= 0.6 is 11.6 Å². The lowest BCUT2D eigenvalue weighted by Crippen LogP contribution is -2.39. The minimum absolute atomic E-state index is 0.0829. The molecule has 7 nitrogen and oxygen atoms in total. The maximum Gasteiger partial charge on any atom is 0.238 e. The molecule has 8 heteroatoms. The van der Waals surface area contributed by atoms with Crippen molar-refractivity contribution < 1.29 is 30.0 Å². The highest BCUT2D eigenvalue weighted by Crippen LogP contribution is 2.47. The summed E-state index contributed by atoms with van der Waals surface area (Å²) in [6.45, 7) is 1.28. The molecule has 4 rings (SSSR count). The van der Waals surface area contributed by atoms with Crippen LogP contribution < -0.4 is 4.90 Å². The summed E-state index contributed by atoms with van der Waals surface area (Å²) in [5.41, 5.74) is 3.27. The molecular weight excluding hydrogens is 506 g/mol. The van der Waals surface area contributed by atoms with E-state index in [9.17, 15) is 30.0 Å². The average Bonchev–Trinajstić information content (AvgIpc) is 3.17. The normalized spacial score (nSPS) is 22.7. The highest BCUT2D eigenvalue weighted by molar-refractivity contribution is 6.32. The van der Waals surface area contributed by atoms with Crippen LogP contribution in [-0.4, -0.2) is 51.6 Å². The molecule has 0 bridgehead atoms. The fourth-order valence-corrected chi connectivity index (χ4v) is 6.09. The number of phenols is 1. The third-order valence-electron chi connectivity index (χ3n) is 7.60. The number of hydrogen-bond acceptors (Lipinski definition) is 6. The van der Waals surface area contributed by atoms with Crippen LogP contribution in [0, 0.1) is 17.8 Å². The van der Waals surface area contributed by atoms with Crippen LogP contribution in [0.15, 0.2) is 65.3 Å². The van der Waals surface area contributed by atoms with E-state index in [1.54, 1.807) is 42.5 Å². The maximum absolute atomic E-state index is 13.5. The number of imide groups is 1. The zero-order chi connectivity index (χ0) is 27.4. The number of benzene rings is 2. The summed E-state index contributed by atoms with van der Waals surface area (Å²) in [5.74, 6) is -2.90. The van der Waals surface area contributed by atoms with Crippen molar-refractivity contribution in [1.29, 1.82) is 0 Å². The zero-order valence-electron chi connectivity index (χ0n) is 21.4. The number of para-hydroxylation sites is 1. The molecular formula is C30H34ClNO6. The van der Waals surface area contributed by atoms with Crippen molar-refractivity contribution in [3.8, 4) is 5.75 Å². The third-order valence-corrected chi connectivity index (χ3v) is 7.93. The molecule has 1 aliphatic heterocycles. The quantitative estimate of drug-likeness (QED) is 0.261. The van der Waals surface area contributed by atoms with Crippen molar-refractivity contribution in [2.45, 2.75) is 45.1 Å². The van der Waals surface area contributed by atoms with E-state index in [1.807, 2.05) is 6.08 Å². The highest BCUT2D eigenvalue weighted by Gasteiger charge is 2.55. The number of amides is 2. The second kappa shape index (κ2) is 12.3. The third kappa shape index (κ3) is 5.57. The fourth-order valence-electron chi connectivity index (χ4n) is 5.86. The number of aliphatic hydroxyl groups is 3. The smallest absolute Gasteiger partial charge is 0.238 e. The molecule has 1 heterocycles. The Kier molecular flexibility index (Phi) is 9.05. The summed E-state index contributed by atoms with van der Waals surface area (Å²) in [6, 6.07) is 13.5. The molecule has 2 aliphatic rings. The SMILES string of the molecule is CCC/C(=C\c1ccc(O)cc1Cl)CC[C@@H](O)C1=C(CO)C[C@H]2C(=O)N(c3ccccc3)C(=O)[C@H]2[C@H]1CO. The number of halogens is 1. The van der Waals surface area contributed by atoms with Gasteiger partial charge in [0, 0.05) is 5.92 Å². The molecule has 0 aromatic heterocycles. The van der Waals surface area contributed by atoms with E-state index in [0.717, 1.165) is 24.0 Å². The maximum atomic E-state index is 13.5. The van der Waals surface area contributed by atoms with Crippen molar-refractivity contribution in [2.24, 2.45) is 17.8 Å². The van der Waals surface area contributed by atoms with Gasteiger partial charge < -0.3 is 20.4 Å². The number of phenolic OH excluding ortho intramolecular Hbond substituents is 1. The molecule has 4 atom stereocenters. The first-order chi connectivity index (χ1) is 18.3. The summed E-state index contributed by atoms with van der Waals surface area (Å²) in [7, 11) is 0. The van der Waals surface area contributed by atoms with Crippen LogP contribution in [-0.2, 0) is 9.59 Å². The number of fused-ring (bicyclic) bond motifs is 1. The monoisotopic (exact) mass is 539 g/mol. The van der Waals surface area contributed by atoms with Crippen molar-refractivity contribution >= 4 is 35.2 Å². The van der Waals surface area contributed by atoms with E-state index >= 15 is 0 Å². The predicted molar refractivity (Wildman–Crippen MR) is 146 cm³/mol. The zero-order valence-corrected chi connectivity index (χ0v) is 22.1. The molecule has 1 saturated heterocycles. The van der Waals surface area contributed by atoms with Gasteiger partial charge in [0.2, 0.25) is 11.8 Å². The van der Waals surface area contributed by atoms with Crippen molar-refractivity contribution in [1.82, 2.24) is 0 Å². The molecule has 2 aromatic rings. The Hall–Kier alpha value is -2.97. The summed E-state index contributed by atoms with van der Waals surface area (Å²) in [4.78, 5) is 27.9. The van der Waals surface area contributed by atoms with E-state index in [-0.39, 0.29) is 30.6 Å². The molecule has 4 N–H and O–H groups in total. The molecule has 0 spiro atoms. The van der Waals surface area contributed by atoms with Gasteiger partial charge in [-0.2, -0.15) is 0 Å². The Bertz CT molecular complexity index is 1240. The first-order valence-electron chi connectivity index (χ1n) is 13.0. The topological polar surface area (TPSA) is 118 Å². The number of anilines is 1. The van der Waals surface area contributed by atoms with E-state index in [0.29, 0.717) is 34.7 Å². The fraction of sp³-hybridized carbons (Fsp3) is 0.400. The standard InChI is InChI=1S/C30H34ClNO6/c1-2-6-18(13-19-10-11-22(35)15-25(19)31)9-12-26(36)27-20(16-33)14-23-28(24(27)17-34)30(38)32(29(23)37)21-7-4-3-5-8-21/h3-5,7-8,10-11,13,15,23-24,26,28,33-36H,2,6,9,12,14,16-17H2,1H3/b18-13+/t23-,24+,26-,28-/m1/s1. The second-order valence-electron chi connectivity index (χ2n) is 10.0. The molecule has 1 aliphatic carbocycles. The summed E-state index contributed by atoms with van der Waals surface area (Å²) < 4.78 is 0. The number of rotatable bonds is 10. The first kappa shape index (κ1) is 28.0. The summed E-state index contributed by atoms with van der Waals surface area (Å²) >= 11 is 6.29. The number of aliphatic hydroxyl groups excluding tert-OH is 3. The number of nitrogens with zero attached hydrogens (tertiary/aromatic N) is 1. The van der Waals surface area contributed by atoms with Gasteiger partial charge in [0.05, 0.1) is 41.9 Å². The van der Waals surface area contributed by atoms with Gasteiger partial charge in [0.15, 0.2) is 0 Å². The van der Waals surface area contributed by atoms with Gasteiger partial charge >= 0.3 is 0 Å². The Labute approximate surface area is 227 Å². The molecule has 202 valence electrons. The van der Waals surface area contributed by atoms with Crippen molar-refractivity contribution in [2.75, 3.05) is 18.1 Å². The van der Waals surface area contributed by atoms with Crippen molar-refractivity contribution in [3.05, 3.63) is 75.8 Å². The number of carbonyl (C=O) groups is 2. The van der Waals surface area contributed by atoms with Gasteiger partial charge in [-0.3, -0.25) is 14.5 Å². The lowest BCUT2D eigenvalue weighted by Gasteiger charge is -2.36. The largest absolute Gasteiger partial charge is 0.508 e. The lowest BCUT2D eigenvalue weighted by molar-refractivity contribution is -0.123. The summed E-state index contributed by atoms with van der Waals surface area (Å²) in [5, 5.41) is 42.0. The van der Waals surface area contributed by atoms with Gasteiger partial charge in [-0.25, -0.2) is 0 Å². The number of allylic oxidation sites excluding steroid dienone is 1. The molecule has 2 amide bonds. The highest BCUT2D eigenvalue weighted by atomic mass is 35.5. The Morgan fingerprint density at radius 2 is 1.84 bits per heavy atom. The number of aromatic hydroxyl groups is 1. The lowest BCUT2D eigenvalue weighted by atomic mass is 9.68. The van der Waals surface area contributed by atoms with E-state index < -0.39 is 30.5 Å². The van der Waals surface area contributed by atoms with Crippen LogP contribution in [0.4, 0.5) is 5.69 Å². The molecule has 0 saturated carbocycles. The molecule has 1 fully saturated rings. The molecule has 0 unspecified atom stereocenters. The van der Waals surface area contributed by atoms with Crippen LogP contribution in [0.25, 0.3) is 6.08 Å². The summed E-state index contributed by atoms with van der Waals surface area (Å²) in [6.07, 6.45) is 3.64. The minimum atomic E-state index is -1.00. The Morgan fingerprint density at radius 3 is 2.47 bits per heavy atom. The van der Waals surface area contributed by atoms with Crippen LogP contribution in [0.5, 0.6) is 5.75 Å². The predicted octanol–water partition coefficient (Wildman–Crippen LogP) is 4.48. The first-order valence-corrected chi connectivity index (χ1v) is 13.4. The number of hydrogen-bond donors (Lipinski definition) is 4. The Morgan fingerprint density at radius 1 is 1.11 bits per heavy atom. The van der Waals surface area contributed by atoms with Crippen LogP contribution in [0.3, 0.4) is 0 Å². The van der Waals surface area contributed by atoms with Gasteiger partial charge in [0.25, 0.3) is 0 Å². The van der Waals surface area contributed by atoms with E-state index in [4.69, 9.17) is 11.6 Å². The van der Waals surface area contributed by atoms with Gasteiger partial charge in [0.1, 0.15) is 5.75 Å². The Balaban J connectivity index is 1.58.